The van der Waals surface area contributed by atoms with E-state index in [0.717, 1.165) is 5.69 Å². The van der Waals surface area contributed by atoms with Crippen molar-refractivity contribution in [3.63, 3.8) is 0 Å². The second-order valence-corrected chi connectivity index (χ2v) is 4.53. The summed E-state index contributed by atoms with van der Waals surface area (Å²) in [6.07, 6.45) is 4.91. The van der Waals surface area contributed by atoms with Gasteiger partial charge in [0.15, 0.2) is 0 Å². The summed E-state index contributed by atoms with van der Waals surface area (Å²) in [5.74, 6) is 0.154. The molecule has 1 aromatic rings. The summed E-state index contributed by atoms with van der Waals surface area (Å²) in [5.41, 5.74) is 1.02. The molecule has 92 valence electrons. The van der Waals surface area contributed by atoms with E-state index in [1.165, 1.54) is 25.7 Å². The van der Waals surface area contributed by atoms with Crippen molar-refractivity contribution in [3.05, 3.63) is 17.8 Å². The highest BCUT2D eigenvalue weighted by molar-refractivity contribution is 5.76. The van der Waals surface area contributed by atoms with E-state index in [1.807, 2.05) is 6.07 Å². The zero-order valence-electron chi connectivity index (χ0n) is 9.89. The summed E-state index contributed by atoms with van der Waals surface area (Å²) < 4.78 is 0. The van der Waals surface area contributed by atoms with Crippen LogP contribution in [0.5, 0.6) is 0 Å². The van der Waals surface area contributed by atoms with Crippen molar-refractivity contribution in [2.75, 3.05) is 5.32 Å². The van der Waals surface area contributed by atoms with Crippen LogP contribution in [0.2, 0.25) is 0 Å². The van der Waals surface area contributed by atoms with Crippen molar-refractivity contribution in [1.82, 2.24) is 10.2 Å². The number of carboxylic acid groups (broad SMARTS) is 1. The Hall–Kier alpha value is -1.65. The number of aromatic nitrogens is 2. The quantitative estimate of drug-likeness (QED) is 0.835. The molecule has 0 aromatic carbocycles. The third-order valence-electron chi connectivity index (χ3n) is 3.19. The molecule has 1 atom stereocenters. The molecule has 0 bridgehead atoms. The van der Waals surface area contributed by atoms with Gasteiger partial charge in [0, 0.05) is 5.92 Å². The summed E-state index contributed by atoms with van der Waals surface area (Å²) in [5, 5.41) is 19.7. The number of carboxylic acids is 1. The van der Waals surface area contributed by atoms with Crippen LogP contribution < -0.4 is 5.32 Å². The fourth-order valence-electron chi connectivity index (χ4n) is 2.14. The molecule has 1 aliphatic rings. The van der Waals surface area contributed by atoms with Gasteiger partial charge in [-0.25, -0.2) is 0 Å². The van der Waals surface area contributed by atoms with E-state index >= 15 is 0 Å². The SMILES string of the molecule is CC(Nc1ccc(C2CCCC2)nn1)C(=O)O. The highest BCUT2D eigenvalue weighted by Crippen LogP contribution is 2.32. The van der Waals surface area contributed by atoms with E-state index < -0.39 is 12.0 Å². The predicted octanol–water partition coefficient (Wildman–Crippen LogP) is 2.02. The van der Waals surface area contributed by atoms with Crippen LogP contribution in [0, 0.1) is 0 Å². The third kappa shape index (κ3) is 2.93. The molecule has 0 amide bonds. The van der Waals surface area contributed by atoms with Crippen LogP contribution in [0.15, 0.2) is 12.1 Å². The highest BCUT2D eigenvalue weighted by Gasteiger charge is 2.19. The molecular formula is C12H17N3O2. The summed E-state index contributed by atoms with van der Waals surface area (Å²) in [4.78, 5) is 10.7. The largest absolute Gasteiger partial charge is 0.480 e. The summed E-state index contributed by atoms with van der Waals surface area (Å²) in [6.45, 7) is 1.58. The number of aliphatic carboxylic acids is 1. The van der Waals surface area contributed by atoms with Crippen molar-refractivity contribution in [1.29, 1.82) is 0 Å². The van der Waals surface area contributed by atoms with E-state index in [0.29, 0.717) is 11.7 Å². The van der Waals surface area contributed by atoms with Gasteiger partial charge in [-0.3, -0.25) is 4.79 Å². The molecule has 0 spiro atoms. The first-order valence-corrected chi connectivity index (χ1v) is 6.00. The fourth-order valence-corrected chi connectivity index (χ4v) is 2.14. The number of hydrogen-bond donors (Lipinski definition) is 2. The molecule has 0 saturated heterocycles. The number of carbonyl (C=O) groups is 1. The topological polar surface area (TPSA) is 75.1 Å². The normalized spacial score (nSPS) is 17.9. The van der Waals surface area contributed by atoms with Gasteiger partial charge < -0.3 is 10.4 Å². The van der Waals surface area contributed by atoms with Crippen LogP contribution in [0.3, 0.4) is 0 Å². The summed E-state index contributed by atoms with van der Waals surface area (Å²) in [7, 11) is 0. The first kappa shape index (κ1) is 11.8. The molecule has 1 fully saturated rings. The molecule has 5 heteroatoms. The minimum absolute atomic E-state index is 0.515. The Balaban J connectivity index is 2.00. The van der Waals surface area contributed by atoms with Gasteiger partial charge in [-0.05, 0) is 31.9 Å². The molecule has 2 rings (SSSR count). The Morgan fingerprint density at radius 3 is 2.65 bits per heavy atom. The lowest BCUT2D eigenvalue weighted by Gasteiger charge is -2.11. The molecule has 2 N–H and O–H groups in total. The van der Waals surface area contributed by atoms with Gasteiger partial charge in [-0.15, -0.1) is 5.10 Å². The monoisotopic (exact) mass is 235 g/mol. The molecule has 5 nitrogen and oxygen atoms in total. The van der Waals surface area contributed by atoms with Crippen LogP contribution in [0.4, 0.5) is 5.82 Å². The van der Waals surface area contributed by atoms with Crippen molar-refractivity contribution in [3.8, 4) is 0 Å². The van der Waals surface area contributed by atoms with Crippen LogP contribution in [0.1, 0.15) is 44.2 Å². The maximum Gasteiger partial charge on any atom is 0.325 e. The van der Waals surface area contributed by atoms with Crippen LogP contribution in [0.25, 0.3) is 0 Å². The molecule has 17 heavy (non-hydrogen) atoms. The lowest BCUT2D eigenvalue weighted by atomic mass is 10.0. The zero-order valence-corrected chi connectivity index (χ0v) is 9.89. The van der Waals surface area contributed by atoms with E-state index in [4.69, 9.17) is 5.11 Å². The van der Waals surface area contributed by atoms with E-state index in [1.54, 1.807) is 13.0 Å². The van der Waals surface area contributed by atoms with Crippen molar-refractivity contribution >= 4 is 11.8 Å². The number of anilines is 1. The smallest absolute Gasteiger partial charge is 0.325 e. The Labute approximate surface area is 100 Å². The first-order valence-electron chi connectivity index (χ1n) is 6.00. The highest BCUT2D eigenvalue weighted by atomic mass is 16.4. The minimum Gasteiger partial charge on any atom is -0.480 e. The second-order valence-electron chi connectivity index (χ2n) is 4.53. The maximum absolute atomic E-state index is 10.7. The molecule has 1 aliphatic carbocycles. The van der Waals surface area contributed by atoms with Crippen molar-refractivity contribution in [2.45, 2.75) is 44.6 Å². The zero-order chi connectivity index (χ0) is 12.3. The molecule has 0 aliphatic heterocycles. The molecule has 1 aromatic heterocycles. The Bertz CT molecular complexity index is 385. The summed E-state index contributed by atoms with van der Waals surface area (Å²) in [6, 6.07) is 3.10. The molecule has 1 unspecified atom stereocenters. The number of nitrogens with one attached hydrogen (secondary N) is 1. The third-order valence-corrected chi connectivity index (χ3v) is 3.19. The minimum atomic E-state index is -0.897. The first-order chi connectivity index (χ1) is 8.16. The van der Waals surface area contributed by atoms with Crippen LogP contribution in [-0.2, 0) is 4.79 Å². The van der Waals surface area contributed by atoms with E-state index in [2.05, 4.69) is 15.5 Å². The maximum atomic E-state index is 10.7. The van der Waals surface area contributed by atoms with E-state index in [-0.39, 0.29) is 0 Å². The number of rotatable bonds is 4. The van der Waals surface area contributed by atoms with Gasteiger partial charge in [0.2, 0.25) is 0 Å². The van der Waals surface area contributed by atoms with Crippen LogP contribution in [-0.4, -0.2) is 27.3 Å². The van der Waals surface area contributed by atoms with Gasteiger partial charge >= 0.3 is 5.97 Å². The summed E-state index contributed by atoms with van der Waals surface area (Å²) >= 11 is 0. The average molecular weight is 235 g/mol. The Kier molecular flexibility index (Phi) is 3.56. The number of nitrogens with zero attached hydrogens (tertiary/aromatic N) is 2. The molecular weight excluding hydrogens is 218 g/mol. The van der Waals surface area contributed by atoms with Crippen molar-refractivity contribution in [2.24, 2.45) is 0 Å². The second kappa shape index (κ2) is 5.12. The Morgan fingerprint density at radius 2 is 2.12 bits per heavy atom. The van der Waals surface area contributed by atoms with Gasteiger partial charge in [-0.1, -0.05) is 12.8 Å². The Morgan fingerprint density at radius 1 is 1.41 bits per heavy atom. The van der Waals surface area contributed by atoms with Gasteiger partial charge in [0.1, 0.15) is 11.9 Å². The lowest BCUT2D eigenvalue weighted by Crippen LogP contribution is -2.26. The van der Waals surface area contributed by atoms with Gasteiger partial charge in [0.05, 0.1) is 5.69 Å². The van der Waals surface area contributed by atoms with Gasteiger partial charge in [0.25, 0.3) is 0 Å². The molecule has 0 radical (unpaired) electrons. The average Bonchev–Trinajstić information content (AvgIpc) is 2.83. The number of hydrogen-bond acceptors (Lipinski definition) is 4. The van der Waals surface area contributed by atoms with E-state index in [9.17, 15) is 4.79 Å². The fraction of sp³-hybridized carbons (Fsp3) is 0.583. The van der Waals surface area contributed by atoms with Crippen molar-refractivity contribution < 1.29 is 9.90 Å². The predicted molar refractivity (Wildman–Crippen MR) is 64.0 cm³/mol. The molecule has 1 saturated carbocycles. The molecule has 1 heterocycles. The van der Waals surface area contributed by atoms with Crippen LogP contribution >= 0.6 is 0 Å². The lowest BCUT2D eigenvalue weighted by molar-refractivity contribution is -0.137. The van der Waals surface area contributed by atoms with Gasteiger partial charge in [-0.2, -0.15) is 5.10 Å². The standard InChI is InChI=1S/C12H17N3O2/c1-8(12(16)17)13-11-7-6-10(14-15-11)9-4-2-3-5-9/h6-9H,2-5H2,1H3,(H,13,15)(H,16,17).